The monoisotopic (exact) mass is 1460 g/mol. The van der Waals surface area contributed by atoms with Gasteiger partial charge in [-0.1, -0.05) is 279 Å². The zero-order chi connectivity index (χ0) is 74.7. The van der Waals surface area contributed by atoms with E-state index < -0.39 is 5.41 Å². The summed E-state index contributed by atoms with van der Waals surface area (Å²) in [7, 11) is 0. The quantitative estimate of drug-likeness (QED) is 0.146. The number of hydrogen-bond acceptors (Lipinski definition) is 9. The Hall–Kier alpha value is -15.5. The average Bonchev–Trinajstić information content (AvgIpc) is 1.50. The van der Waals surface area contributed by atoms with E-state index in [9.17, 15) is 0 Å². The van der Waals surface area contributed by atoms with E-state index in [0.29, 0.717) is 34.9 Å². The maximum Gasteiger partial charge on any atom is 0.167 e. The molecule has 0 amide bonds. The minimum atomic E-state index is -0.412. The first-order valence-electron chi connectivity index (χ1n) is 38.4. The summed E-state index contributed by atoms with van der Waals surface area (Å²) in [6.45, 7) is 0. The normalized spacial score (nSPS) is 12.6. The number of furan rings is 3. The van der Waals surface area contributed by atoms with Gasteiger partial charge in [-0.15, -0.1) is 0 Å². The number of hydrogen-bond donors (Lipinski definition) is 0. The van der Waals surface area contributed by atoms with Gasteiger partial charge in [-0.2, -0.15) is 0 Å². The van der Waals surface area contributed by atoms with Gasteiger partial charge < -0.3 is 22.4 Å². The molecule has 7 aromatic heterocycles. The standard InChI is InChI=1S/C58H34N4O.C45H26N4O2/c1-3-16-35(17-4-1)55-59-56(36-18-5-2-6-19-36)61-57(60-55)43-25-15-24-40-44-34-37(30-33-51(44)63-54(40)43)62-49-29-14-10-23-42(49)53-50(62)32-31-48-52(53)41-22-9-13-28-47(41)58(48)45-26-11-7-20-38(45)39-21-8-12-27-46(39)58;1-3-12-27(13-4-1)43-46-44(28-14-5-2-6-15-28)48-45(47-43)33-19-11-18-30-34-26-29(22-24-38(34)51-42(30)33)49-35-20-9-7-16-31(35)40-36(49)23-25-39-41(40)32-17-8-10-21-37(32)50-39/h1-34H;1-26H. The number of benzene rings is 16. The Bertz CT molecular complexity index is 7770. The highest BCUT2D eigenvalue weighted by Gasteiger charge is 2.52. The molecule has 0 atom stereocenters. The molecule has 0 bridgehead atoms. The molecule has 0 saturated carbocycles. The molecule has 11 nitrogen and oxygen atoms in total. The molecule has 0 unspecified atom stereocenters. The van der Waals surface area contributed by atoms with Crippen LogP contribution in [0.1, 0.15) is 22.3 Å². The Morgan fingerprint density at radius 3 is 1.07 bits per heavy atom. The molecular formula is C103H60N8O3. The Morgan fingerprint density at radius 1 is 0.211 bits per heavy atom. The summed E-state index contributed by atoms with van der Waals surface area (Å²) >= 11 is 0. The second-order valence-corrected chi connectivity index (χ2v) is 29.4. The Morgan fingerprint density at radius 2 is 0.570 bits per heavy atom. The fraction of sp³-hybridized carbons (Fsp3) is 0.00971. The molecule has 0 aliphatic heterocycles. The van der Waals surface area contributed by atoms with E-state index in [1.165, 1.54) is 71.6 Å². The third-order valence-electron chi connectivity index (χ3n) is 23.3. The molecule has 16 aromatic carbocycles. The maximum atomic E-state index is 6.78. The van der Waals surface area contributed by atoms with Crippen molar-refractivity contribution in [2.75, 3.05) is 0 Å². The zero-order valence-corrected chi connectivity index (χ0v) is 60.9. The van der Waals surface area contributed by atoms with Crippen molar-refractivity contribution in [2.24, 2.45) is 0 Å². The van der Waals surface area contributed by atoms with E-state index >= 15 is 0 Å². The molecule has 0 saturated heterocycles. The van der Waals surface area contributed by atoms with Crippen molar-refractivity contribution in [2.45, 2.75) is 5.41 Å². The van der Waals surface area contributed by atoms with E-state index in [4.69, 9.17) is 43.2 Å². The van der Waals surface area contributed by atoms with Gasteiger partial charge >= 0.3 is 0 Å². The largest absolute Gasteiger partial charge is 0.456 e. The SMILES string of the molecule is c1ccc(-c2nc(-c3ccccc3)nc(-c3cccc4c3oc3ccc(-n5c6ccccc6c6c7c(ccc65)C5(c6ccccc6-c6ccccc65)c5ccccc5-7)cc34)n2)cc1.c1ccc(-c2nc(-c3ccccc3)nc(-c3cccc4c3oc3ccc(-n5c6ccccc6c6c7c(ccc65)oc5ccccc57)cc34)n2)cc1. The topological polar surface area (TPSA) is 127 Å². The van der Waals surface area contributed by atoms with Gasteiger partial charge in [0, 0.05) is 87.5 Å². The van der Waals surface area contributed by atoms with Crippen LogP contribution < -0.4 is 0 Å². The van der Waals surface area contributed by atoms with Gasteiger partial charge in [0.1, 0.15) is 33.5 Å². The molecule has 7 heterocycles. The lowest BCUT2D eigenvalue weighted by Gasteiger charge is -2.30. The van der Waals surface area contributed by atoms with Crippen LogP contribution in [0.3, 0.4) is 0 Å². The van der Waals surface area contributed by atoms with Gasteiger partial charge in [0.05, 0.1) is 38.6 Å². The Labute approximate surface area is 651 Å². The summed E-state index contributed by atoms with van der Waals surface area (Å²) in [5.41, 5.74) is 27.1. The molecule has 114 heavy (non-hydrogen) atoms. The number of nitrogens with zero attached hydrogens (tertiary/aromatic N) is 8. The molecule has 1 spiro atoms. The van der Waals surface area contributed by atoms with Crippen LogP contribution in [0.5, 0.6) is 0 Å². The molecule has 11 heteroatoms. The molecule has 0 radical (unpaired) electrons. The van der Waals surface area contributed by atoms with Crippen molar-refractivity contribution in [3.63, 3.8) is 0 Å². The molecule has 0 N–H and O–H groups in total. The van der Waals surface area contributed by atoms with Gasteiger partial charge in [-0.05, 0) is 129 Å². The van der Waals surface area contributed by atoms with E-state index in [2.05, 4.69) is 228 Å². The molecule has 0 fully saturated rings. The first-order chi connectivity index (χ1) is 56.5. The number of fused-ring (bicyclic) bond motifs is 27. The van der Waals surface area contributed by atoms with Crippen LogP contribution in [0.25, 0.3) is 211 Å². The van der Waals surface area contributed by atoms with E-state index in [1.807, 2.05) is 146 Å². The van der Waals surface area contributed by atoms with Crippen molar-refractivity contribution >= 4 is 109 Å². The van der Waals surface area contributed by atoms with Crippen LogP contribution in [0.2, 0.25) is 0 Å². The molecule has 530 valence electrons. The van der Waals surface area contributed by atoms with Gasteiger partial charge in [-0.3, -0.25) is 0 Å². The first-order valence-corrected chi connectivity index (χ1v) is 38.4. The van der Waals surface area contributed by atoms with Crippen LogP contribution in [0.15, 0.2) is 377 Å². The highest BCUT2D eigenvalue weighted by Crippen LogP contribution is 2.64. The minimum Gasteiger partial charge on any atom is -0.456 e. The molecule has 2 aliphatic rings. The summed E-state index contributed by atoms with van der Waals surface area (Å²) in [6, 6.07) is 128. The summed E-state index contributed by atoms with van der Waals surface area (Å²) in [6.07, 6.45) is 0. The fourth-order valence-electron chi connectivity index (χ4n) is 18.5. The highest BCUT2D eigenvalue weighted by molar-refractivity contribution is 6.28. The predicted octanol–water partition coefficient (Wildman–Crippen LogP) is 26.0. The second-order valence-electron chi connectivity index (χ2n) is 29.4. The molecular weight excluding hydrogens is 1400 g/mol. The highest BCUT2D eigenvalue weighted by atomic mass is 16.3. The lowest BCUT2D eigenvalue weighted by atomic mass is 9.70. The zero-order valence-electron chi connectivity index (χ0n) is 60.9. The van der Waals surface area contributed by atoms with Crippen molar-refractivity contribution in [3.8, 4) is 102 Å². The van der Waals surface area contributed by atoms with Crippen LogP contribution in [0, 0.1) is 0 Å². The lowest BCUT2D eigenvalue weighted by Crippen LogP contribution is -2.25. The Kier molecular flexibility index (Phi) is 13.8. The molecule has 2 aliphatic carbocycles. The third kappa shape index (κ3) is 9.38. The third-order valence-corrected chi connectivity index (χ3v) is 23.3. The van der Waals surface area contributed by atoms with Gasteiger partial charge in [0.25, 0.3) is 0 Å². The van der Waals surface area contributed by atoms with E-state index in [0.717, 1.165) is 127 Å². The van der Waals surface area contributed by atoms with Crippen molar-refractivity contribution < 1.29 is 13.3 Å². The average molecular weight is 1460 g/mol. The van der Waals surface area contributed by atoms with E-state index in [-0.39, 0.29) is 0 Å². The smallest absolute Gasteiger partial charge is 0.167 e. The predicted molar refractivity (Wildman–Crippen MR) is 459 cm³/mol. The molecule has 23 aromatic rings. The Balaban J connectivity index is 0.000000135. The van der Waals surface area contributed by atoms with Crippen molar-refractivity contribution in [1.29, 1.82) is 0 Å². The van der Waals surface area contributed by atoms with Crippen LogP contribution in [-0.2, 0) is 5.41 Å². The fourth-order valence-corrected chi connectivity index (χ4v) is 18.5. The van der Waals surface area contributed by atoms with Gasteiger partial charge in [0.2, 0.25) is 0 Å². The summed E-state index contributed by atoms with van der Waals surface area (Å²) in [4.78, 5) is 29.9. The van der Waals surface area contributed by atoms with Gasteiger partial charge in [0.15, 0.2) is 34.9 Å². The summed E-state index contributed by atoms with van der Waals surface area (Å²) < 4.78 is 24.5. The van der Waals surface area contributed by atoms with Crippen molar-refractivity contribution in [1.82, 2.24) is 39.0 Å². The number of rotatable bonds is 8. The van der Waals surface area contributed by atoms with Crippen LogP contribution >= 0.6 is 0 Å². The van der Waals surface area contributed by atoms with E-state index in [1.54, 1.807) is 0 Å². The number of para-hydroxylation sites is 5. The van der Waals surface area contributed by atoms with Crippen molar-refractivity contribution in [3.05, 3.63) is 386 Å². The van der Waals surface area contributed by atoms with Crippen LogP contribution in [-0.4, -0.2) is 39.0 Å². The molecule has 25 rings (SSSR count). The summed E-state index contributed by atoms with van der Waals surface area (Å²) in [5.74, 6) is 3.58. The maximum absolute atomic E-state index is 6.78. The second kappa shape index (κ2) is 24.8. The number of aromatic nitrogens is 8. The first kappa shape index (κ1) is 63.5. The van der Waals surface area contributed by atoms with Crippen LogP contribution in [0.4, 0.5) is 0 Å². The lowest BCUT2D eigenvalue weighted by molar-refractivity contribution is 0.669. The van der Waals surface area contributed by atoms with Gasteiger partial charge in [-0.25, -0.2) is 29.9 Å². The minimum absolute atomic E-state index is 0.412. The summed E-state index contributed by atoms with van der Waals surface area (Å²) in [5, 5.41) is 11.2.